The summed E-state index contributed by atoms with van der Waals surface area (Å²) in [5.74, 6) is -0.719. The molecule has 0 unspecified atom stereocenters. The normalized spacial score (nSPS) is 18.7. The van der Waals surface area contributed by atoms with E-state index in [0.717, 1.165) is 24.0 Å². The van der Waals surface area contributed by atoms with E-state index < -0.39 is 18.0 Å². The lowest BCUT2D eigenvalue weighted by atomic mass is 9.99. The highest BCUT2D eigenvalue weighted by molar-refractivity contribution is 5.83. The van der Waals surface area contributed by atoms with Crippen LogP contribution in [0.2, 0.25) is 0 Å². The Kier molecular flexibility index (Phi) is 16.4. The molecule has 0 spiro atoms. The van der Waals surface area contributed by atoms with Crippen LogP contribution in [0.3, 0.4) is 0 Å². The largest absolute Gasteiger partial charge is 0.374 e. The van der Waals surface area contributed by atoms with E-state index in [1.54, 1.807) is 0 Å². The molecule has 0 bridgehead atoms. The molecule has 2 aromatic rings. The van der Waals surface area contributed by atoms with Crippen molar-refractivity contribution in [3.8, 4) is 0 Å². The van der Waals surface area contributed by atoms with Crippen molar-refractivity contribution in [1.82, 2.24) is 0 Å². The SMILES string of the molecule is CCCCCCCCCCCCCCCC(=O)[C@H](OCc1ccccc1)[C@H]1OC(C)(C)O[C@@H]1COCc1ccccc1. The third-order valence-corrected chi connectivity index (χ3v) is 8.03. The molecule has 2 aromatic carbocycles. The molecule has 234 valence electrons. The number of ether oxygens (including phenoxy) is 4. The van der Waals surface area contributed by atoms with Crippen molar-refractivity contribution in [2.75, 3.05) is 6.61 Å². The summed E-state index contributed by atoms with van der Waals surface area (Å²) in [7, 11) is 0. The van der Waals surface area contributed by atoms with E-state index in [4.69, 9.17) is 18.9 Å². The second kappa shape index (κ2) is 20.0. The lowest BCUT2D eigenvalue weighted by Crippen LogP contribution is -2.44. The van der Waals surface area contributed by atoms with Gasteiger partial charge in [0.05, 0.1) is 19.8 Å². The van der Waals surface area contributed by atoms with Crippen molar-refractivity contribution in [2.24, 2.45) is 0 Å². The van der Waals surface area contributed by atoms with Gasteiger partial charge in [-0.2, -0.15) is 0 Å². The molecule has 0 radical (unpaired) electrons. The second-order valence-corrected chi connectivity index (χ2v) is 12.3. The standard InChI is InChI=1S/C37H56O5/c1-4-5-6-7-8-9-10-11-12-13-14-15-22-27-33(38)35(40-29-32-25-20-17-21-26-32)36-34(41-37(2,3)42-36)30-39-28-31-23-18-16-19-24-31/h16-21,23-26,34-36H,4-15,22,27-30H2,1-3H3/t34-,35+,36+/m1/s1. The fourth-order valence-electron chi connectivity index (χ4n) is 5.71. The highest BCUT2D eigenvalue weighted by atomic mass is 16.8. The minimum Gasteiger partial charge on any atom is -0.374 e. The zero-order valence-electron chi connectivity index (χ0n) is 26.6. The molecule has 1 saturated heterocycles. The Morgan fingerprint density at radius 2 is 1.21 bits per heavy atom. The number of ketones is 1. The van der Waals surface area contributed by atoms with Crippen LogP contribution in [-0.2, 0) is 37.0 Å². The molecule has 5 heteroatoms. The number of hydrogen-bond acceptors (Lipinski definition) is 5. The van der Waals surface area contributed by atoms with Crippen LogP contribution in [0.4, 0.5) is 0 Å². The Bertz CT molecular complexity index is 961. The van der Waals surface area contributed by atoms with E-state index in [9.17, 15) is 4.79 Å². The summed E-state index contributed by atoms with van der Waals surface area (Å²) in [6, 6.07) is 20.1. The van der Waals surface area contributed by atoms with E-state index in [2.05, 4.69) is 6.92 Å². The maximum absolute atomic E-state index is 13.6. The van der Waals surface area contributed by atoms with Gasteiger partial charge in [0.15, 0.2) is 11.6 Å². The van der Waals surface area contributed by atoms with Gasteiger partial charge in [0.1, 0.15) is 18.3 Å². The number of hydrogen-bond donors (Lipinski definition) is 0. The smallest absolute Gasteiger partial charge is 0.164 e. The molecule has 42 heavy (non-hydrogen) atoms. The number of unbranched alkanes of at least 4 members (excludes halogenated alkanes) is 12. The molecule has 1 heterocycles. The van der Waals surface area contributed by atoms with Gasteiger partial charge in [0.25, 0.3) is 0 Å². The van der Waals surface area contributed by atoms with Crippen molar-refractivity contribution in [1.29, 1.82) is 0 Å². The van der Waals surface area contributed by atoms with E-state index in [1.807, 2.05) is 74.5 Å². The van der Waals surface area contributed by atoms with Gasteiger partial charge in [-0.25, -0.2) is 0 Å². The summed E-state index contributed by atoms with van der Waals surface area (Å²) >= 11 is 0. The van der Waals surface area contributed by atoms with Crippen molar-refractivity contribution in [3.63, 3.8) is 0 Å². The molecule has 3 rings (SSSR count). The lowest BCUT2D eigenvalue weighted by molar-refractivity contribution is -0.167. The topological polar surface area (TPSA) is 54.0 Å². The first-order chi connectivity index (χ1) is 20.5. The lowest BCUT2D eigenvalue weighted by Gasteiger charge is -2.26. The molecule has 1 aliphatic rings. The predicted octanol–water partition coefficient (Wildman–Crippen LogP) is 9.36. The fraction of sp³-hybridized carbons (Fsp3) is 0.649. The van der Waals surface area contributed by atoms with Crippen LogP contribution in [0.1, 0.15) is 122 Å². The van der Waals surface area contributed by atoms with Gasteiger partial charge in [-0.3, -0.25) is 4.79 Å². The quantitative estimate of drug-likeness (QED) is 0.123. The van der Waals surface area contributed by atoms with Crippen molar-refractivity contribution < 1.29 is 23.7 Å². The average Bonchev–Trinajstić information content (AvgIpc) is 3.30. The van der Waals surface area contributed by atoms with Gasteiger partial charge >= 0.3 is 0 Å². The Labute approximate surface area is 255 Å². The molecule has 0 amide bonds. The number of Topliss-reactive ketones (excluding diaryl/α,β-unsaturated/α-hetero) is 1. The monoisotopic (exact) mass is 580 g/mol. The molecule has 1 aliphatic heterocycles. The zero-order valence-corrected chi connectivity index (χ0v) is 26.6. The maximum atomic E-state index is 13.6. The molecule has 0 aliphatic carbocycles. The molecule has 5 nitrogen and oxygen atoms in total. The van der Waals surface area contributed by atoms with Gasteiger partial charge in [0, 0.05) is 6.42 Å². The average molecular weight is 581 g/mol. The molecule has 0 saturated carbocycles. The number of carbonyl (C=O) groups is 1. The Balaban J connectivity index is 1.45. The molecule has 0 N–H and O–H groups in total. The van der Waals surface area contributed by atoms with E-state index in [1.165, 1.54) is 70.6 Å². The van der Waals surface area contributed by atoms with E-state index in [-0.39, 0.29) is 11.9 Å². The Hall–Kier alpha value is -2.05. The molecular formula is C37H56O5. The van der Waals surface area contributed by atoms with Gasteiger partial charge in [-0.15, -0.1) is 0 Å². The first-order valence-corrected chi connectivity index (χ1v) is 16.6. The number of rotatable bonds is 23. The number of carbonyl (C=O) groups excluding carboxylic acids is 1. The molecule has 1 fully saturated rings. The third kappa shape index (κ3) is 13.5. The van der Waals surface area contributed by atoms with Crippen LogP contribution in [0.25, 0.3) is 0 Å². The summed E-state index contributed by atoms with van der Waals surface area (Å²) in [5, 5.41) is 0. The summed E-state index contributed by atoms with van der Waals surface area (Å²) in [4.78, 5) is 13.6. The van der Waals surface area contributed by atoms with Crippen LogP contribution < -0.4 is 0 Å². The Morgan fingerprint density at radius 3 is 1.76 bits per heavy atom. The van der Waals surface area contributed by atoms with Crippen LogP contribution in [0.5, 0.6) is 0 Å². The summed E-state index contributed by atoms with van der Waals surface area (Å²) < 4.78 is 24.9. The fourth-order valence-corrected chi connectivity index (χ4v) is 5.71. The first-order valence-electron chi connectivity index (χ1n) is 16.6. The van der Waals surface area contributed by atoms with E-state index in [0.29, 0.717) is 26.2 Å². The minimum absolute atomic E-state index is 0.0911. The summed E-state index contributed by atoms with van der Waals surface area (Å²) in [6.45, 7) is 7.22. The van der Waals surface area contributed by atoms with Gasteiger partial charge < -0.3 is 18.9 Å². The van der Waals surface area contributed by atoms with Crippen LogP contribution in [0.15, 0.2) is 60.7 Å². The molecule has 3 atom stereocenters. The summed E-state index contributed by atoms with van der Waals surface area (Å²) in [6.07, 6.45) is 15.6. The van der Waals surface area contributed by atoms with Gasteiger partial charge in [-0.1, -0.05) is 145 Å². The van der Waals surface area contributed by atoms with Crippen LogP contribution >= 0.6 is 0 Å². The number of benzene rings is 2. The first kappa shape index (κ1) is 34.4. The van der Waals surface area contributed by atoms with Gasteiger partial charge in [-0.05, 0) is 31.4 Å². The van der Waals surface area contributed by atoms with Crippen molar-refractivity contribution in [3.05, 3.63) is 71.8 Å². The van der Waals surface area contributed by atoms with Crippen molar-refractivity contribution in [2.45, 2.75) is 148 Å². The minimum atomic E-state index is -0.810. The van der Waals surface area contributed by atoms with Gasteiger partial charge in [0.2, 0.25) is 0 Å². The van der Waals surface area contributed by atoms with Crippen molar-refractivity contribution >= 4 is 5.78 Å². The second-order valence-electron chi connectivity index (χ2n) is 12.3. The van der Waals surface area contributed by atoms with Crippen LogP contribution in [0, 0.1) is 0 Å². The van der Waals surface area contributed by atoms with E-state index >= 15 is 0 Å². The molecular weight excluding hydrogens is 524 g/mol. The maximum Gasteiger partial charge on any atom is 0.164 e. The highest BCUT2D eigenvalue weighted by Crippen LogP contribution is 2.32. The Morgan fingerprint density at radius 1 is 0.714 bits per heavy atom. The third-order valence-electron chi connectivity index (χ3n) is 8.03. The highest BCUT2D eigenvalue weighted by Gasteiger charge is 2.47. The predicted molar refractivity (Wildman–Crippen MR) is 170 cm³/mol. The molecule has 0 aromatic heterocycles. The summed E-state index contributed by atoms with van der Waals surface area (Å²) in [5.41, 5.74) is 2.13. The van der Waals surface area contributed by atoms with Crippen LogP contribution in [-0.4, -0.2) is 36.5 Å². The zero-order chi connectivity index (χ0) is 29.9.